The van der Waals surface area contributed by atoms with Crippen molar-refractivity contribution in [2.75, 3.05) is 6.61 Å². The Morgan fingerprint density at radius 3 is 1.92 bits per heavy atom. The molecule has 17 nitrogen and oxygen atoms in total. The zero-order valence-corrected chi connectivity index (χ0v) is 37.2. The van der Waals surface area contributed by atoms with Gasteiger partial charge >= 0.3 is 0 Å². The van der Waals surface area contributed by atoms with Crippen molar-refractivity contribution in [1.82, 2.24) is 0 Å². The molecule has 0 aromatic carbocycles. The molecule has 0 aromatic rings. The summed E-state index contributed by atoms with van der Waals surface area (Å²) in [4.78, 5) is 0. The summed E-state index contributed by atoms with van der Waals surface area (Å²) < 4.78 is 37.4. The summed E-state index contributed by atoms with van der Waals surface area (Å²) in [6.45, 7) is 13.2. The van der Waals surface area contributed by atoms with Crippen molar-refractivity contribution >= 4 is 0 Å². The molecule has 62 heavy (non-hydrogen) atoms. The molecule has 0 amide bonds. The Morgan fingerprint density at radius 1 is 0.710 bits per heavy atom. The molecule has 26 atom stereocenters. The highest BCUT2D eigenvalue weighted by Crippen LogP contribution is 2.68. The molecule has 3 saturated heterocycles. The van der Waals surface area contributed by atoms with E-state index >= 15 is 0 Å². The topological polar surface area (TPSA) is 278 Å². The number of hydrogen-bond donors (Lipinski definition) is 11. The van der Waals surface area contributed by atoms with Crippen LogP contribution in [0.25, 0.3) is 0 Å². The van der Waals surface area contributed by atoms with Crippen LogP contribution in [0.15, 0.2) is 11.6 Å². The molecule has 0 spiro atoms. The van der Waals surface area contributed by atoms with Gasteiger partial charge in [-0.3, -0.25) is 0 Å². The maximum absolute atomic E-state index is 11.7. The SMILES string of the molecule is CC(C)CC[C@H](O)[C@@H](C)[C@H]1[C@@H](O[C@@H]2O[C@@H](C)[C@H](O)[C@@H](O)[C@H]2O)C[C@H]2[C@@H]3CC=C4C[C@@H](O)C[C@@H](O[C@@H]5O[C@H](CO)[C@@H](O)[C@H](O)[C@H]5O[C@@H]5O[C@@H](C)[C@H](O)[C@@H](O)[C@H]5O)[C@]4(C)[C@H]3CC[C@]12C. The van der Waals surface area contributed by atoms with E-state index in [9.17, 15) is 56.2 Å². The maximum Gasteiger partial charge on any atom is 0.187 e. The maximum atomic E-state index is 11.7. The molecule has 3 saturated carbocycles. The van der Waals surface area contributed by atoms with Gasteiger partial charge in [0.15, 0.2) is 18.9 Å². The van der Waals surface area contributed by atoms with Gasteiger partial charge in [-0.2, -0.15) is 0 Å². The fourth-order valence-corrected chi connectivity index (χ4v) is 13.0. The number of rotatable bonds is 12. The summed E-state index contributed by atoms with van der Waals surface area (Å²) in [5.41, 5.74) is 0.0176. The fourth-order valence-electron chi connectivity index (χ4n) is 13.0. The minimum Gasteiger partial charge on any atom is -0.394 e. The van der Waals surface area contributed by atoms with Crippen molar-refractivity contribution < 1.29 is 84.6 Å². The van der Waals surface area contributed by atoms with Crippen LogP contribution in [0.2, 0.25) is 0 Å². The fraction of sp³-hybridized carbons (Fsp3) is 0.956. The van der Waals surface area contributed by atoms with E-state index in [1.54, 1.807) is 6.92 Å². The number of hydrogen-bond acceptors (Lipinski definition) is 17. The first-order chi connectivity index (χ1) is 29.1. The van der Waals surface area contributed by atoms with Gasteiger partial charge in [-0.25, -0.2) is 0 Å². The van der Waals surface area contributed by atoms with E-state index in [-0.39, 0.29) is 41.4 Å². The van der Waals surface area contributed by atoms with Crippen molar-refractivity contribution in [1.29, 1.82) is 0 Å². The Balaban J connectivity index is 1.19. The molecule has 0 unspecified atom stereocenters. The van der Waals surface area contributed by atoms with E-state index in [1.807, 2.05) is 0 Å². The van der Waals surface area contributed by atoms with Gasteiger partial charge in [0, 0.05) is 11.8 Å². The highest BCUT2D eigenvalue weighted by atomic mass is 16.8. The van der Waals surface area contributed by atoms with Crippen molar-refractivity contribution in [3.05, 3.63) is 11.6 Å². The van der Waals surface area contributed by atoms with Crippen LogP contribution in [0.3, 0.4) is 0 Å². The predicted octanol–water partition coefficient (Wildman–Crippen LogP) is -0.171. The van der Waals surface area contributed by atoms with Gasteiger partial charge in [-0.05, 0) is 99.7 Å². The summed E-state index contributed by atoms with van der Waals surface area (Å²) in [6.07, 6.45) is -16.5. The monoisotopic (exact) mass is 889 g/mol. The second-order valence-electron chi connectivity index (χ2n) is 20.9. The molecule has 17 heteroatoms. The Kier molecular flexibility index (Phi) is 15.0. The quantitative estimate of drug-likeness (QED) is 0.114. The lowest BCUT2D eigenvalue weighted by molar-refractivity contribution is -0.374. The lowest BCUT2D eigenvalue weighted by atomic mass is 9.46. The van der Waals surface area contributed by atoms with Crippen LogP contribution in [0.5, 0.6) is 0 Å². The van der Waals surface area contributed by atoms with Gasteiger partial charge in [0.2, 0.25) is 0 Å². The molecule has 0 aromatic heterocycles. The first kappa shape index (κ1) is 49.0. The van der Waals surface area contributed by atoms with Crippen LogP contribution in [0.1, 0.15) is 99.8 Å². The highest BCUT2D eigenvalue weighted by Gasteiger charge is 2.65. The van der Waals surface area contributed by atoms with Gasteiger partial charge in [-0.1, -0.05) is 46.3 Å². The Morgan fingerprint density at radius 2 is 1.32 bits per heavy atom. The summed E-state index contributed by atoms with van der Waals surface area (Å²) in [5.74, 6) is 0.228. The Labute approximate surface area is 364 Å². The highest BCUT2D eigenvalue weighted by molar-refractivity contribution is 5.28. The third-order valence-corrected chi connectivity index (χ3v) is 16.8. The van der Waals surface area contributed by atoms with Gasteiger partial charge < -0.3 is 84.6 Å². The second kappa shape index (κ2) is 19.0. The van der Waals surface area contributed by atoms with Crippen molar-refractivity contribution in [3.63, 3.8) is 0 Å². The molecule has 6 fully saturated rings. The summed E-state index contributed by atoms with van der Waals surface area (Å²) in [6, 6.07) is 0. The lowest BCUT2D eigenvalue weighted by Crippen LogP contribution is -2.65. The summed E-state index contributed by atoms with van der Waals surface area (Å²) in [5, 5.41) is 120. The molecular formula is C45H76O17. The number of fused-ring (bicyclic) bond motifs is 5. The molecule has 0 radical (unpaired) electrons. The first-order valence-electron chi connectivity index (χ1n) is 23.2. The Bertz CT molecular complexity index is 1540. The van der Waals surface area contributed by atoms with E-state index in [1.165, 1.54) is 6.92 Å². The van der Waals surface area contributed by atoms with Crippen molar-refractivity contribution in [2.24, 2.45) is 46.3 Å². The largest absolute Gasteiger partial charge is 0.394 e. The molecule has 7 aliphatic rings. The molecule has 358 valence electrons. The molecule has 11 N–H and O–H groups in total. The van der Waals surface area contributed by atoms with Crippen molar-refractivity contribution in [2.45, 2.75) is 216 Å². The molecule has 3 aliphatic heterocycles. The van der Waals surface area contributed by atoms with E-state index in [4.69, 9.17) is 28.4 Å². The van der Waals surface area contributed by atoms with E-state index < -0.39 is 129 Å². The van der Waals surface area contributed by atoms with Gasteiger partial charge in [0.25, 0.3) is 0 Å². The van der Waals surface area contributed by atoms with Crippen LogP contribution >= 0.6 is 0 Å². The van der Waals surface area contributed by atoms with Crippen LogP contribution in [0, 0.1) is 46.3 Å². The van der Waals surface area contributed by atoms with Crippen LogP contribution in [-0.2, 0) is 28.4 Å². The number of allylic oxidation sites excluding steroid dienone is 1. The zero-order chi connectivity index (χ0) is 45.3. The first-order valence-corrected chi connectivity index (χ1v) is 23.2. The molecule has 4 aliphatic carbocycles. The standard InChI is InChI=1S/C45H76O17/c1-18(2)8-11-27(48)19(3)31-28(59-41-38(55)35(52)32(49)20(4)57-41)16-26-24-10-9-22-14-23(47)15-30(45(22,7)25(24)12-13-44(26,31)6)61-43-40(37(54)34(51)29(17-46)60-43)62-42-39(56)36(53)33(50)21(5)58-42/h9,18-21,23-43,46-56H,8,10-17H2,1-7H3/t19-,20+,21+,23-,24-,25+,26+,27+,28+,29-,30-,31+,32+,33+,34-,35-,36-,37+,38-,39-,40-,41+,42+,43+,44+,45+/m1/s1. The van der Waals surface area contributed by atoms with Crippen molar-refractivity contribution in [3.8, 4) is 0 Å². The van der Waals surface area contributed by atoms with Gasteiger partial charge in [0.05, 0.1) is 43.2 Å². The Hall–Kier alpha value is -0.940. The van der Waals surface area contributed by atoms with Gasteiger partial charge in [0.1, 0.15) is 61.0 Å². The van der Waals surface area contributed by atoms with Gasteiger partial charge in [-0.15, -0.1) is 0 Å². The number of aliphatic hydroxyl groups is 11. The molecular weight excluding hydrogens is 812 g/mol. The third-order valence-electron chi connectivity index (χ3n) is 16.8. The summed E-state index contributed by atoms with van der Waals surface area (Å²) >= 11 is 0. The molecule has 0 bridgehead atoms. The minimum atomic E-state index is -1.73. The van der Waals surface area contributed by atoms with Crippen LogP contribution in [-0.4, -0.2) is 179 Å². The minimum absolute atomic E-state index is 0.0141. The normalized spacial score (nSPS) is 53.0. The van der Waals surface area contributed by atoms with E-state index in [2.05, 4.69) is 40.7 Å². The van der Waals surface area contributed by atoms with Crippen LogP contribution < -0.4 is 0 Å². The smallest absolute Gasteiger partial charge is 0.187 e. The lowest BCUT2D eigenvalue weighted by Gasteiger charge is -2.60. The molecule has 7 rings (SSSR count). The molecule has 3 heterocycles. The third kappa shape index (κ3) is 8.72. The van der Waals surface area contributed by atoms with E-state index in [0.29, 0.717) is 25.2 Å². The predicted molar refractivity (Wildman–Crippen MR) is 218 cm³/mol. The second-order valence-corrected chi connectivity index (χ2v) is 20.9. The zero-order valence-electron chi connectivity index (χ0n) is 37.2. The summed E-state index contributed by atoms with van der Waals surface area (Å²) in [7, 11) is 0. The average Bonchev–Trinajstić information content (AvgIpc) is 3.53. The average molecular weight is 889 g/mol. The van der Waals surface area contributed by atoms with Crippen LogP contribution in [0.4, 0.5) is 0 Å². The number of ether oxygens (including phenoxy) is 6. The number of aliphatic hydroxyl groups excluding tert-OH is 11. The van der Waals surface area contributed by atoms with E-state index in [0.717, 1.165) is 31.3 Å².